The van der Waals surface area contributed by atoms with Crippen molar-refractivity contribution in [3.05, 3.63) is 11.6 Å². The van der Waals surface area contributed by atoms with Gasteiger partial charge in [0.15, 0.2) is 0 Å². The number of nitrogens with one attached hydrogen (secondary N) is 1. The second-order valence-electron chi connectivity index (χ2n) is 4.44. The molecular formula is C11H21ClN2. The van der Waals surface area contributed by atoms with E-state index in [4.69, 9.17) is 11.6 Å². The Bertz CT molecular complexity index is 205. The molecule has 0 aromatic rings. The summed E-state index contributed by atoms with van der Waals surface area (Å²) in [5.41, 5.74) is 1.88. The molecule has 14 heavy (non-hydrogen) atoms. The zero-order valence-corrected chi connectivity index (χ0v) is 10.1. The van der Waals surface area contributed by atoms with Crippen molar-refractivity contribution in [1.29, 1.82) is 0 Å². The van der Waals surface area contributed by atoms with Gasteiger partial charge in [0, 0.05) is 36.8 Å². The van der Waals surface area contributed by atoms with Crippen LogP contribution < -0.4 is 5.32 Å². The monoisotopic (exact) mass is 216 g/mol. The van der Waals surface area contributed by atoms with Crippen LogP contribution in [0.2, 0.25) is 0 Å². The summed E-state index contributed by atoms with van der Waals surface area (Å²) in [6.07, 6.45) is 3.18. The molecule has 1 N–H and O–H groups in total. The van der Waals surface area contributed by atoms with Gasteiger partial charge in [-0.15, -0.1) is 0 Å². The van der Waals surface area contributed by atoms with Gasteiger partial charge in [0.2, 0.25) is 0 Å². The van der Waals surface area contributed by atoms with Gasteiger partial charge in [-0.1, -0.05) is 24.6 Å². The number of halogens is 1. The topological polar surface area (TPSA) is 15.3 Å². The van der Waals surface area contributed by atoms with E-state index in [0.717, 1.165) is 19.6 Å². The first kappa shape index (κ1) is 12.0. The Balaban J connectivity index is 2.54. The first-order valence-corrected chi connectivity index (χ1v) is 5.79. The molecule has 0 amide bonds. The molecular weight excluding hydrogens is 196 g/mol. The molecule has 0 spiro atoms. The molecule has 1 heterocycles. The Morgan fingerprint density at radius 2 is 2.36 bits per heavy atom. The molecule has 0 saturated carbocycles. The van der Waals surface area contributed by atoms with Crippen LogP contribution in [-0.2, 0) is 0 Å². The van der Waals surface area contributed by atoms with Crippen molar-refractivity contribution in [1.82, 2.24) is 10.2 Å². The van der Waals surface area contributed by atoms with Gasteiger partial charge in [-0.05, 0) is 20.3 Å². The summed E-state index contributed by atoms with van der Waals surface area (Å²) in [5, 5.41) is 3.60. The number of hydrogen-bond acceptors (Lipinski definition) is 2. The molecule has 2 unspecified atom stereocenters. The zero-order chi connectivity index (χ0) is 10.6. The van der Waals surface area contributed by atoms with Crippen LogP contribution in [-0.4, -0.2) is 36.1 Å². The fourth-order valence-electron chi connectivity index (χ4n) is 1.84. The smallest absolute Gasteiger partial charge is 0.0278 e. The molecule has 0 aromatic carbocycles. The summed E-state index contributed by atoms with van der Waals surface area (Å²) in [5.74, 6) is 0. The van der Waals surface area contributed by atoms with Gasteiger partial charge >= 0.3 is 0 Å². The molecule has 0 radical (unpaired) electrons. The fourth-order valence-corrected chi connectivity index (χ4v) is 1.92. The summed E-state index contributed by atoms with van der Waals surface area (Å²) in [7, 11) is 0. The van der Waals surface area contributed by atoms with E-state index < -0.39 is 0 Å². The van der Waals surface area contributed by atoms with Crippen LogP contribution in [0.15, 0.2) is 11.6 Å². The lowest BCUT2D eigenvalue weighted by Crippen LogP contribution is -2.61. The van der Waals surface area contributed by atoms with Gasteiger partial charge in [-0.2, -0.15) is 0 Å². The van der Waals surface area contributed by atoms with Crippen molar-refractivity contribution >= 4 is 11.6 Å². The van der Waals surface area contributed by atoms with E-state index in [1.165, 1.54) is 6.42 Å². The first-order chi connectivity index (χ1) is 6.61. The average Bonchev–Trinajstić information content (AvgIpc) is 2.20. The van der Waals surface area contributed by atoms with Crippen LogP contribution in [0.3, 0.4) is 0 Å². The predicted octanol–water partition coefficient (Wildman–Crippen LogP) is 2.20. The summed E-state index contributed by atoms with van der Waals surface area (Å²) < 4.78 is 0. The molecule has 3 heteroatoms. The maximum Gasteiger partial charge on any atom is 0.0278 e. The van der Waals surface area contributed by atoms with E-state index in [0.29, 0.717) is 6.04 Å². The minimum Gasteiger partial charge on any atom is -0.309 e. The number of hydrogen-bond donors (Lipinski definition) is 1. The first-order valence-electron chi connectivity index (χ1n) is 5.35. The zero-order valence-electron chi connectivity index (χ0n) is 9.39. The van der Waals surface area contributed by atoms with Gasteiger partial charge in [0.1, 0.15) is 0 Å². The standard InChI is InChI=1S/C11H21ClN2/c1-4-11(3)9-14(7-5-6-12)10(2)8-13-11/h5-6,10,13H,4,7-9H2,1-3H3/b6-5+. The molecule has 2 nitrogen and oxygen atoms in total. The van der Waals surface area contributed by atoms with Crippen molar-refractivity contribution in [2.24, 2.45) is 0 Å². The maximum atomic E-state index is 5.55. The second kappa shape index (κ2) is 5.15. The van der Waals surface area contributed by atoms with Crippen molar-refractivity contribution in [2.75, 3.05) is 19.6 Å². The third kappa shape index (κ3) is 2.97. The van der Waals surface area contributed by atoms with E-state index in [1.54, 1.807) is 5.54 Å². The highest BCUT2D eigenvalue weighted by atomic mass is 35.5. The Morgan fingerprint density at radius 1 is 1.64 bits per heavy atom. The highest BCUT2D eigenvalue weighted by molar-refractivity contribution is 6.25. The Morgan fingerprint density at radius 3 is 2.93 bits per heavy atom. The fraction of sp³-hybridized carbons (Fsp3) is 0.818. The van der Waals surface area contributed by atoms with E-state index in [2.05, 4.69) is 31.0 Å². The van der Waals surface area contributed by atoms with Gasteiger partial charge in [-0.3, -0.25) is 4.90 Å². The van der Waals surface area contributed by atoms with Crippen LogP contribution in [0.1, 0.15) is 27.2 Å². The van der Waals surface area contributed by atoms with Gasteiger partial charge in [-0.25, -0.2) is 0 Å². The average molecular weight is 217 g/mol. The molecule has 1 rings (SSSR count). The predicted molar refractivity (Wildman–Crippen MR) is 62.7 cm³/mol. The van der Waals surface area contributed by atoms with Gasteiger partial charge in [0.05, 0.1) is 0 Å². The van der Waals surface area contributed by atoms with Crippen LogP contribution in [0, 0.1) is 0 Å². The summed E-state index contributed by atoms with van der Waals surface area (Å²) in [6, 6.07) is 0.600. The van der Waals surface area contributed by atoms with Crippen LogP contribution in [0.25, 0.3) is 0 Å². The normalized spacial score (nSPS) is 35.3. The molecule has 0 aliphatic carbocycles. The number of rotatable bonds is 3. The van der Waals surface area contributed by atoms with E-state index in [9.17, 15) is 0 Å². The Hall–Kier alpha value is -0.0500. The maximum absolute atomic E-state index is 5.55. The van der Waals surface area contributed by atoms with Crippen LogP contribution in [0.4, 0.5) is 0 Å². The molecule has 1 fully saturated rings. The molecule has 1 aliphatic rings. The van der Waals surface area contributed by atoms with Crippen LogP contribution >= 0.6 is 11.6 Å². The summed E-state index contributed by atoms with van der Waals surface area (Å²) in [6.45, 7) is 9.91. The van der Waals surface area contributed by atoms with Crippen molar-refractivity contribution in [3.63, 3.8) is 0 Å². The minimum atomic E-state index is 0.270. The highest BCUT2D eigenvalue weighted by Crippen LogP contribution is 2.18. The quantitative estimate of drug-likeness (QED) is 0.778. The SMILES string of the molecule is CCC1(C)CN(C/C=C/Cl)C(C)CN1. The molecule has 0 bridgehead atoms. The lowest BCUT2D eigenvalue weighted by atomic mass is 9.94. The third-order valence-electron chi connectivity index (χ3n) is 3.21. The minimum absolute atomic E-state index is 0.270. The number of nitrogens with zero attached hydrogens (tertiary/aromatic N) is 1. The largest absolute Gasteiger partial charge is 0.309 e. The van der Waals surface area contributed by atoms with E-state index in [-0.39, 0.29) is 5.54 Å². The number of piperazine rings is 1. The van der Waals surface area contributed by atoms with Crippen LogP contribution in [0.5, 0.6) is 0 Å². The lowest BCUT2D eigenvalue weighted by molar-refractivity contribution is 0.105. The Labute approximate surface area is 92.3 Å². The second-order valence-corrected chi connectivity index (χ2v) is 4.69. The van der Waals surface area contributed by atoms with Crippen molar-refractivity contribution < 1.29 is 0 Å². The third-order valence-corrected chi connectivity index (χ3v) is 3.39. The molecule has 1 aliphatic heterocycles. The molecule has 0 aromatic heterocycles. The van der Waals surface area contributed by atoms with E-state index in [1.807, 2.05) is 6.08 Å². The molecule has 1 saturated heterocycles. The Kier molecular flexibility index (Phi) is 4.42. The molecule has 82 valence electrons. The van der Waals surface area contributed by atoms with E-state index >= 15 is 0 Å². The summed E-state index contributed by atoms with van der Waals surface area (Å²) >= 11 is 5.55. The van der Waals surface area contributed by atoms with Gasteiger partial charge < -0.3 is 5.32 Å². The van der Waals surface area contributed by atoms with Crippen molar-refractivity contribution in [3.8, 4) is 0 Å². The van der Waals surface area contributed by atoms with Crippen molar-refractivity contribution in [2.45, 2.75) is 38.8 Å². The molecule has 2 atom stereocenters. The van der Waals surface area contributed by atoms with Gasteiger partial charge in [0.25, 0.3) is 0 Å². The summed E-state index contributed by atoms with van der Waals surface area (Å²) in [4.78, 5) is 2.47. The lowest BCUT2D eigenvalue weighted by Gasteiger charge is -2.44. The highest BCUT2D eigenvalue weighted by Gasteiger charge is 2.31.